The number of carboxylic acids is 1. The van der Waals surface area contributed by atoms with Gasteiger partial charge in [0.1, 0.15) is 17.2 Å². The maximum atomic E-state index is 10.5. The summed E-state index contributed by atoms with van der Waals surface area (Å²) in [7, 11) is 0. The fraction of sp³-hybridized carbons (Fsp3) is 0.312. The Balaban J connectivity index is 0.000000493. The number of hydrogen-bond acceptors (Lipinski definition) is 5. The molecule has 0 saturated carbocycles. The monoisotopic (exact) mass is 598 g/mol. The summed E-state index contributed by atoms with van der Waals surface area (Å²) in [4.78, 5) is 12.6. The summed E-state index contributed by atoms with van der Waals surface area (Å²) in [6.45, 7) is 8.77. The van der Waals surface area contributed by atoms with Crippen LogP contribution in [0, 0.1) is 0 Å². The minimum absolute atomic E-state index is 0.996. The molecule has 0 unspecified atom stereocenters. The number of carbonyl (C=O) groups excluding carboxylic acids is 1. The molecule has 0 N–H and O–H groups in total. The molecule has 1 aromatic heterocycles. The van der Waals surface area contributed by atoms with Gasteiger partial charge in [-0.2, -0.15) is 17.7 Å². The smallest absolute Gasteiger partial charge is 0.430 e. The zero-order valence-corrected chi connectivity index (χ0v) is 25.0. The first-order valence-corrected chi connectivity index (χ1v) is 15.4. The molecule has 1 aliphatic carbocycles. The number of carboxylic acid groups (broad SMARTS) is 1. The van der Waals surface area contributed by atoms with Gasteiger partial charge < -0.3 is 14.8 Å². The Morgan fingerprint density at radius 3 is 2.41 bits per heavy atom. The summed E-state index contributed by atoms with van der Waals surface area (Å²) >= 11 is 3.78. The van der Waals surface area contributed by atoms with E-state index in [2.05, 4.69) is 103 Å². The van der Waals surface area contributed by atoms with Crippen molar-refractivity contribution in [3.8, 4) is 0 Å². The maximum absolute atomic E-state index is 10.5. The van der Waals surface area contributed by atoms with Crippen molar-refractivity contribution in [2.45, 2.75) is 64.1 Å². The van der Waals surface area contributed by atoms with Crippen LogP contribution in [0.1, 0.15) is 51.5 Å². The number of thiazole rings is 1. The molecule has 41 heavy (non-hydrogen) atoms. The van der Waals surface area contributed by atoms with Crippen molar-refractivity contribution in [2.75, 3.05) is 11.4 Å². The Labute approximate surface area is 247 Å². The topological polar surface area (TPSA) is 47.2 Å². The lowest BCUT2D eigenvalue weighted by Crippen LogP contribution is -2.37. The van der Waals surface area contributed by atoms with E-state index < -0.39 is 12.1 Å². The molecule has 216 valence electrons. The van der Waals surface area contributed by atoms with E-state index in [1.807, 2.05) is 23.1 Å². The number of alkyl halides is 3. The second kappa shape index (κ2) is 13.6. The van der Waals surface area contributed by atoms with E-state index >= 15 is 0 Å². The average Bonchev–Trinajstić information content (AvgIpc) is 3.51. The molecule has 0 saturated heterocycles. The normalized spacial score (nSPS) is 17.5. The number of aromatic nitrogens is 1. The van der Waals surface area contributed by atoms with Gasteiger partial charge in [-0.3, -0.25) is 0 Å². The van der Waals surface area contributed by atoms with Crippen LogP contribution in [-0.2, 0) is 11.3 Å². The van der Waals surface area contributed by atoms with Crippen LogP contribution in [-0.4, -0.2) is 18.7 Å². The number of carbonyl (C=O) groups is 1. The molecule has 9 heteroatoms. The van der Waals surface area contributed by atoms with Crippen molar-refractivity contribution in [1.29, 1.82) is 0 Å². The molecule has 2 aromatic carbocycles. The summed E-state index contributed by atoms with van der Waals surface area (Å²) in [6.07, 6.45) is 8.95. The van der Waals surface area contributed by atoms with Gasteiger partial charge in [-0.15, -0.1) is 0 Å². The lowest BCUT2D eigenvalue weighted by molar-refractivity contribution is -0.665. The molecule has 2 heterocycles. The first-order chi connectivity index (χ1) is 19.7. The molecule has 2 aliphatic rings. The number of allylic oxidation sites excluding steroid dienone is 6. The molecule has 0 radical (unpaired) electrons. The molecule has 0 spiro atoms. The van der Waals surface area contributed by atoms with Crippen molar-refractivity contribution in [2.24, 2.45) is 0 Å². The summed E-state index contributed by atoms with van der Waals surface area (Å²) in [6, 6.07) is 17.5. The van der Waals surface area contributed by atoms with E-state index in [0.29, 0.717) is 0 Å². The average molecular weight is 599 g/mol. The summed E-state index contributed by atoms with van der Waals surface area (Å²) < 4.78 is 35.3. The SMILES string of the molecule is CCC1=C(/C=C/c2sc3ccccc3[n+]2CC)CCC/C1=C\C=C1\Sc2ccccc2N1CC.O=C([O-])C(F)(F)F. The van der Waals surface area contributed by atoms with Gasteiger partial charge in [0.15, 0.2) is 0 Å². The molecular formula is C32H33F3N2O2S2. The molecule has 3 aromatic rings. The van der Waals surface area contributed by atoms with E-state index in [0.717, 1.165) is 19.5 Å². The summed E-state index contributed by atoms with van der Waals surface area (Å²) in [5, 5.41) is 11.5. The van der Waals surface area contributed by atoms with Gasteiger partial charge in [-0.05, 0) is 80.5 Å². The van der Waals surface area contributed by atoms with E-state index in [-0.39, 0.29) is 0 Å². The fourth-order valence-corrected chi connectivity index (χ4v) is 7.41. The number of halogens is 3. The van der Waals surface area contributed by atoms with Crippen LogP contribution in [0.5, 0.6) is 0 Å². The van der Waals surface area contributed by atoms with Gasteiger partial charge in [-0.1, -0.05) is 66.4 Å². The molecule has 1 aliphatic heterocycles. The van der Waals surface area contributed by atoms with Gasteiger partial charge in [0.2, 0.25) is 5.52 Å². The highest BCUT2D eigenvalue weighted by Gasteiger charge is 2.29. The molecule has 0 bridgehead atoms. The predicted octanol–water partition coefficient (Wildman–Crippen LogP) is 7.81. The van der Waals surface area contributed by atoms with Gasteiger partial charge in [-0.25, -0.2) is 0 Å². The quantitative estimate of drug-likeness (QED) is 0.272. The van der Waals surface area contributed by atoms with Crippen molar-refractivity contribution in [1.82, 2.24) is 0 Å². The fourth-order valence-electron chi connectivity index (χ4n) is 5.15. The van der Waals surface area contributed by atoms with E-state index in [4.69, 9.17) is 9.90 Å². The maximum Gasteiger partial charge on any atom is 0.430 e. The first-order valence-electron chi connectivity index (χ1n) is 13.7. The highest BCUT2D eigenvalue weighted by atomic mass is 32.2. The van der Waals surface area contributed by atoms with Crippen LogP contribution in [0.4, 0.5) is 18.9 Å². The Bertz CT molecular complexity index is 1530. The molecule has 5 rings (SSSR count). The van der Waals surface area contributed by atoms with E-state index in [1.54, 1.807) is 0 Å². The number of rotatable bonds is 6. The third kappa shape index (κ3) is 7.13. The zero-order chi connectivity index (χ0) is 29.6. The third-order valence-corrected chi connectivity index (χ3v) is 9.27. The zero-order valence-electron chi connectivity index (χ0n) is 23.3. The van der Waals surface area contributed by atoms with Gasteiger partial charge in [0.05, 0.1) is 10.7 Å². The van der Waals surface area contributed by atoms with Crippen LogP contribution in [0.25, 0.3) is 16.3 Å². The second-order valence-corrected chi connectivity index (χ2v) is 11.6. The number of anilines is 1. The van der Waals surface area contributed by atoms with Crippen LogP contribution in [0.3, 0.4) is 0 Å². The Kier molecular flexibility index (Phi) is 10.1. The summed E-state index contributed by atoms with van der Waals surface area (Å²) in [5.41, 5.74) is 7.23. The first kappa shape index (κ1) is 30.7. The molecule has 0 amide bonds. The Morgan fingerprint density at radius 1 is 1.02 bits per heavy atom. The van der Waals surface area contributed by atoms with E-state index in [1.165, 1.54) is 66.8 Å². The van der Waals surface area contributed by atoms with Gasteiger partial charge >= 0.3 is 6.18 Å². The minimum atomic E-state index is -5.19. The number of nitrogens with zero attached hydrogens (tertiary/aromatic N) is 2. The number of fused-ring (bicyclic) bond motifs is 2. The van der Waals surface area contributed by atoms with Crippen LogP contribution in [0.2, 0.25) is 0 Å². The Morgan fingerprint density at radius 2 is 1.73 bits per heavy atom. The minimum Gasteiger partial charge on any atom is -0.542 e. The van der Waals surface area contributed by atoms with Crippen molar-refractivity contribution in [3.05, 3.63) is 93.5 Å². The molecular weight excluding hydrogens is 565 g/mol. The predicted molar refractivity (Wildman–Crippen MR) is 160 cm³/mol. The number of benzene rings is 2. The van der Waals surface area contributed by atoms with E-state index in [9.17, 15) is 13.2 Å². The van der Waals surface area contributed by atoms with Crippen LogP contribution in [0.15, 0.2) is 93.4 Å². The summed E-state index contributed by atoms with van der Waals surface area (Å²) in [5.74, 6) is -3.01. The number of aliphatic carboxylic acids is 1. The highest BCUT2D eigenvalue weighted by Crippen LogP contribution is 2.45. The standard InChI is InChI=1S/C30H33N2S2.C2HF3O2/c1-4-24-22(18-20-29-31(5-2)25-14-7-9-16-27(25)33-29)12-11-13-23(24)19-21-30-32(6-3)26-15-8-10-17-28(26)34-30;3-2(4,5)1(6)7/h7-10,14-21H,4-6,11-13H2,1-3H3;(H,6,7)/q+1;/p-1. The Hall–Kier alpha value is -3.30. The van der Waals surface area contributed by atoms with Crippen molar-refractivity contribution >= 4 is 51.0 Å². The number of para-hydroxylation sites is 2. The number of thioether (sulfide) groups is 1. The number of aryl methyl sites for hydroxylation is 1. The largest absolute Gasteiger partial charge is 0.542 e. The van der Waals surface area contributed by atoms with Gasteiger partial charge in [0.25, 0.3) is 5.01 Å². The molecule has 4 nitrogen and oxygen atoms in total. The highest BCUT2D eigenvalue weighted by molar-refractivity contribution is 8.03. The van der Waals surface area contributed by atoms with Gasteiger partial charge in [0, 0.05) is 23.6 Å². The number of hydrogen-bond donors (Lipinski definition) is 0. The lowest BCUT2D eigenvalue weighted by atomic mass is 9.85. The second-order valence-electron chi connectivity index (χ2n) is 9.49. The molecule has 0 atom stereocenters. The third-order valence-electron chi connectivity index (χ3n) is 7.01. The molecule has 0 fully saturated rings. The van der Waals surface area contributed by atoms with Crippen molar-refractivity contribution in [3.63, 3.8) is 0 Å². The van der Waals surface area contributed by atoms with Crippen molar-refractivity contribution < 1.29 is 27.6 Å². The van der Waals surface area contributed by atoms with Crippen LogP contribution >= 0.6 is 23.1 Å². The van der Waals surface area contributed by atoms with Crippen LogP contribution < -0.4 is 14.6 Å². The lowest BCUT2D eigenvalue weighted by Gasteiger charge is -2.21.